The molecule has 2 atom stereocenters. The Morgan fingerprint density at radius 1 is 0.561 bits per heavy atom. The van der Waals surface area contributed by atoms with Crippen LogP contribution in [0.2, 0.25) is 0 Å². The van der Waals surface area contributed by atoms with E-state index in [1.54, 1.807) is 12.2 Å². The van der Waals surface area contributed by atoms with Gasteiger partial charge in [-0.15, -0.1) is 0 Å². The quantitative estimate of drug-likeness (QED) is 0.0181. The second-order valence-electron chi connectivity index (χ2n) is 15.7. The Kier molecular flexibility index (Phi) is 38.9. The maximum Gasteiger partial charge on any atom is 0.469 e. The molecule has 330 valence electrons. The Balaban J connectivity index is 4.02. The third-order valence-electron chi connectivity index (χ3n) is 9.58. The van der Waals surface area contributed by atoms with Crippen LogP contribution in [0.3, 0.4) is 0 Å². The summed E-state index contributed by atoms with van der Waals surface area (Å²) in [5.41, 5.74) is 0. The first-order valence-corrected chi connectivity index (χ1v) is 24.1. The minimum absolute atomic E-state index is 0.0196. The molecular weight excluding hydrogens is 739 g/mol. The number of aliphatic hydroxyl groups excluding tert-OH is 1. The number of unbranched alkanes of at least 4 members (excludes halogenated alkanes) is 17. The predicted octanol–water partition coefficient (Wildman–Crippen LogP) is 12.9. The number of carbonyl (C=O) groups is 2. The van der Waals surface area contributed by atoms with E-state index in [2.05, 4.69) is 61.8 Å². The van der Waals surface area contributed by atoms with Crippen molar-refractivity contribution in [2.24, 2.45) is 5.92 Å². The fourth-order valence-corrected chi connectivity index (χ4v) is 6.59. The van der Waals surface area contributed by atoms with Crippen LogP contribution in [0.15, 0.2) is 60.8 Å². The summed E-state index contributed by atoms with van der Waals surface area (Å²) in [5.74, 6) is -0.244. The molecule has 0 bridgehead atoms. The van der Waals surface area contributed by atoms with E-state index in [9.17, 15) is 19.3 Å². The fraction of sp³-hybridized carbons (Fsp3) is 0.745. The molecule has 0 fully saturated rings. The van der Waals surface area contributed by atoms with Crippen LogP contribution in [0.5, 0.6) is 0 Å². The van der Waals surface area contributed by atoms with Gasteiger partial charge in [0.15, 0.2) is 6.10 Å². The summed E-state index contributed by atoms with van der Waals surface area (Å²) in [6.45, 7) is 5.77. The van der Waals surface area contributed by atoms with Gasteiger partial charge in [0.05, 0.1) is 12.7 Å². The third-order valence-corrected chi connectivity index (χ3v) is 10.1. The lowest BCUT2D eigenvalue weighted by molar-refractivity contribution is -0.161. The zero-order valence-corrected chi connectivity index (χ0v) is 37.1. The maximum absolute atomic E-state index is 12.4. The van der Waals surface area contributed by atoms with Gasteiger partial charge in [0, 0.05) is 12.8 Å². The molecule has 3 N–H and O–H groups in total. The van der Waals surface area contributed by atoms with Crippen molar-refractivity contribution in [2.75, 3.05) is 13.2 Å². The predicted molar refractivity (Wildman–Crippen MR) is 236 cm³/mol. The van der Waals surface area contributed by atoms with Gasteiger partial charge in [-0.05, 0) is 50.9 Å². The molecule has 1 unspecified atom stereocenters. The number of carbonyl (C=O) groups excluding carboxylic acids is 2. The standard InChI is InChI=1S/C47H83O9P/c1-4-5-6-7-8-9-10-17-21-24-27-30-33-37-44(48)38-35-40-47(50)56-45(42-55-57(51,52)53)41-54-46(49)39-34-31-28-25-22-19-16-14-12-11-13-15-18-20-23-26-29-32-36-43(2)3/h5-6,8-9,17,21,27,30,33,37,43-45,48H,4,7,10-16,18-20,22-26,28-29,31-32,34-36,38-42H2,1-3H3,(H2,51,52,53)/b6-5-,9-8-,21-17-,30-27-,37-33+/t44?,45-/m1/s1. The molecule has 0 radical (unpaired) electrons. The molecule has 0 aromatic rings. The molecule has 10 heteroatoms. The average Bonchev–Trinajstić information content (AvgIpc) is 3.16. The van der Waals surface area contributed by atoms with Gasteiger partial charge in [0.1, 0.15) is 6.61 Å². The van der Waals surface area contributed by atoms with E-state index in [1.165, 1.54) is 96.3 Å². The van der Waals surface area contributed by atoms with Crippen molar-refractivity contribution in [1.82, 2.24) is 0 Å². The van der Waals surface area contributed by atoms with Crippen LogP contribution < -0.4 is 0 Å². The molecule has 9 nitrogen and oxygen atoms in total. The number of ether oxygens (including phenoxy) is 2. The second kappa shape index (κ2) is 40.5. The molecular formula is C47H83O9P. The number of hydrogen-bond acceptors (Lipinski definition) is 7. The number of phosphoric ester groups is 1. The number of hydrogen-bond donors (Lipinski definition) is 3. The van der Waals surface area contributed by atoms with E-state index in [0.717, 1.165) is 50.9 Å². The van der Waals surface area contributed by atoms with E-state index < -0.39 is 38.6 Å². The zero-order chi connectivity index (χ0) is 42.1. The summed E-state index contributed by atoms with van der Waals surface area (Å²) in [4.78, 5) is 42.9. The zero-order valence-electron chi connectivity index (χ0n) is 36.2. The third kappa shape index (κ3) is 44.7. The largest absolute Gasteiger partial charge is 0.469 e. The van der Waals surface area contributed by atoms with E-state index in [4.69, 9.17) is 19.3 Å². The Labute approximate surface area is 348 Å². The summed E-state index contributed by atoms with van der Waals surface area (Å²) in [6.07, 6.45) is 47.0. The molecule has 0 aliphatic heterocycles. The monoisotopic (exact) mass is 823 g/mol. The van der Waals surface area contributed by atoms with Crippen molar-refractivity contribution in [3.05, 3.63) is 60.8 Å². The van der Waals surface area contributed by atoms with Gasteiger partial charge in [-0.2, -0.15) is 0 Å². The minimum atomic E-state index is -4.81. The van der Waals surface area contributed by atoms with Crippen LogP contribution in [-0.2, 0) is 28.2 Å². The van der Waals surface area contributed by atoms with E-state index in [0.29, 0.717) is 19.3 Å². The molecule has 0 aromatic carbocycles. The molecule has 0 aliphatic rings. The first kappa shape index (κ1) is 54.7. The normalized spacial score (nSPS) is 13.7. The summed E-state index contributed by atoms with van der Waals surface area (Å²) in [5, 5.41) is 10.2. The molecule has 0 spiro atoms. The fourth-order valence-electron chi connectivity index (χ4n) is 6.23. The molecule has 57 heavy (non-hydrogen) atoms. The molecule has 0 amide bonds. The summed E-state index contributed by atoms with van der Waals surface area (Å²) in [6, 6.07) is 0. The summed E-state index contributed by atoms with van der Waals surface area (Å²) < 4.78 is 26.3. The van der Waals surface area contributed by atoms with Crippen molar-refractivity contribution in [1.29, 1.82) is 0 Å². The van der Waals surface area contributed by atoms with Crippen molar-refractivity contribution in [3.8, 4) is 0 Å². The molecule has 0 heterocycles. The van der Waals surface area contributed by atoms with E-state index in [1.807, 2.05) is 12.2 Å². The first-order valence-electron chi connectivity index (χ1n) is 22.5. The highest BCUT2D eigenvalue weighted by Gasteiger charge is 2.23. The van der Waals surface area contributed by atoms with Gasteiger partial charge in [0.25, 0.3) is 0 Å². The van der Waals surface area contributed by atoms with Gasteiger partial charge in [-0.1, -0.05) is 197 Å². The van der Waals surface area contributed by atoms with Crippen LogP contribution in [0.1, 0.15) is 194 Å². The van der Waals surface area contributed by atoms with Crippen LogP contribution >= 0.6 is 7.82 Å². The lowest BCUT2D eigenvalue weighted by atomic mass is 10.0. The van der Waals surface area contributed by atoms with Gasteiger partial charge in [0.2, 0.25) is 0 Å². The topological polar surface area (TPSA) is 140 Å². The van der Waals surface area contributed by atoms with Crippen LogP contribution in [0.25, 0.3) is 0 Å². The summed E-state index contributed by atoms with van der Waals surface area (Å²) in [7, 11) is -4.81. The number of rotatable bonds is 40. The highest BCUT2D eigenvalue weighted by Crippen LogP contribution is 2.36. The van der Waals surface area contributed by atoms with Gasteiger partial charge in [-0.25, -0.2) is 4.57 Å². The van der Waals surface area contributed by atoms with Crippen LogP contribution in [-0.4, -0.2) is 52.3 Å². The molecule has 0 aliphatic carbocycles. The number of allylic oxidation sites excluding steroid dienone is 9. The van der Waals surface area contributed by atoms with Gasteiger partial charge >= 0.3 is 19.8 Å². The van der Waals surface area contributed by atoms with Crippen molar-refractivity contribution in [2.45, 2.75) is 206 Å². The average molecular weight is 823 g/mol. The highest BCUT2D eigenvalue weighted by atomic mass is 31.2. The SMILES string of the molecule is CC/C=C\C/C=C\C/C=C\C/C=C\C=C\C(O)CCCC(=O)O[C@H](COC(=O)CCCCCCCCCCCCCCCCCCCCC(C)C)COP(=O)(O)O. The lowest BCUT2D eigenvalue weighted by Gasteiger charge is -2.18. The smallest absolute Gasteiger partial charge is 0.462 e. The van der Waals surface area contributed by atoms with Gasteiger partial charge < -0.3 is 24.4 Å². The number of esters is 2. The molecule has 0 saturated carbocycles. The van der Waals surface area contributed by atoms with E-state index in [-0.39, 0.29) is 19.4 Å². The van der Waals surface area contributed by atoms with Crippen molar-refractivity contribution < 1.29 is 43.0 Å². The minimum Gasteiger partial charge on any atom is -0.462 e. The highest BCUT2D eigenvalue weighted by molar-refractivity contribution is 7.46. The van der Waals surface area contributed by atoms with Crippen LogP contribution in [0, 0.1) is 5.92 Å². The molecule has 0 aromatic heterocycles. The van der Waals surface area contributed by atoms with E-state index >= 15 is 0 Å². The Morgan fingerprint density at radius 3 is 1.51 bits per heavy atom. The Bertz CT molecular complexity index is 1140. The Morgan fingerprint density at radius 2 is 1.02 bits per heavy atom. The summed E-state index contributed by atoms with van der Waals surface area (Å²) >= 11 is 0. The van der Waals surface area contributed by atoms with Gasteiger partial charge in [-0.3, -0.25) is 14.1 Å². The number of phosphoric acid groups is 1. The molecule has 0 rings (SSSR count). The van der Waals surface area contributed by atoms with Crippen LogP contribution in [0.4, 0.5) is 0 Å². The lowest BCUT2D eigenvalue weighted by Crippen LogP contribution is -2.29. The Hall–Kier alpha value is -2.29. The first-order chi connectivity index (χ1) is 27.5. The second-order valence-corrected chi connectivity index (χ2v) is 16.9. The van der Waals surface area contributed by atoms with Crippen molar-refractivity contribution >= 4 is 19.8 Å². The maximum atomic E-state index is 12.4. The molecule has 0 saturated heterocycles. The van der Waals surface area contributed by atoms with Crippen molar-refractivity contribution in [3.63, 3.8) is 0 Å². The number of aliphatic hydroxyl groups is 1.